The average molecular weight is 447 g/mol. The Morgan fingerprint density at radius 2 is 1.72 bits per heavy atom. The highest BCUT2D eigenvalue weighted by molar-refractivity contribution is 8.13. The Kier molecular flexibility index (Phi) is 6.47. The van der Waals surface area contributed by atoms with E-state index >= 15 is 0 Å². The highest BCUT2D eigenvalue weighted by atomic mass is 32.2. The molecule has 1 heterocycles. The summed E-state index contributed by atoms with van der Waals surface area (Å²) in [5.74, 6) is -0.515. The summed E-state index contributed by atoms with van der Waals surface area (Å²) < 4.78 is 18.2. The number of halogens is 1. The van der Waals surface area contributed by atoms with Crippen molar-refractivity contribution in [1.29, 1.82) is 0 Å². The molecule has 3 aromatic carbocycles. The molecule has 0 fully saturated rings. The van der Waals surface area contributed by atoms with Crippen LogP contribution in [0.15, 0.2) is 89.6 Å². The maximum absolute atomic E-state index is 13.4. The third-order valence-corrected chi connectivity index (χ3v) is 5.77. The number of aliphatic imine (C=N–C) groups is 1. The Morgan fingerprint density at radius 1 is 1.03 bits per heavy atom. The maximum Gasteiger partial charge on any atom is 0.337 e. The molecule has 0 radical (unpaired) electrons. The molecule has 4 rings (SSSR count). The van der Waals surface area contributed by atoms with Crippen LogP contribution in [0.25, 0.3) is 6.08 Å². The van der Waals surface area contributed by atoms with Gasteiger partial charge >= 0.3 is 5.97 Å². The van der Waals surface area contributed by atoms with Gasteiger partial charge in [0.2, 0.25) is 0 Å². The molecule has 32 heavy (non-hydrogen) atoms. The number of ether oxygens (including phenoxy) is 1. The number of hydrogen-bond acceptors (Lipinski definition) is 5. The smallest absolute Gasteiger partial charge is 0.337 e. The molecule has 1 aliphatic rings. The number of amidine groups is 1. The summed E-state index contributed by atoms with van der Waals surface area (Å²) >= 11 is 1.39. The van der Waals surface area contributed by atoms with Gasteiger partial charge in [0, 0.05) is 5.75 Å². The van der Waals surface area contributed by atoms with E-state index in [9.17, 15) is 14.0 Å². The molecule has 160 valence electrons. The van der Waals surface area contributed by atoms with Gasteiger partial charge in [-0.15, -0.1) is 0 Å². The summed E-state index contributed by atoms with van der Waals surface area (Å²) in [6.45, 7) is 0. The molecule has 0 spiro atoms. The van der Waals surface area contributed by atoms with Crippen molar-refractivity contribution >= 4 is 40.6 Å². The van der Waals surface area contributed by atoms with Crippen LogP contribution >= 0.6 is 11.8 Å². The molecule has 5 nitrogen and oxygen atoms in total. The lowest BCUT2D eigenvalue weighted by Crippen LogP contribution is -2.30. The number of hydrogen-bond donors (Lipinski definition) is 0. The summed E-state index contributed by atoms with van der Waals surface area (Å²) in [7, 11) is 1.34. The second-order valence-corrected chi connectivity index (χ2v) is 7.87. The van der Waals surface area contributed by atoms with Gasteiger partial charge in [-0.1, -0.05) is 54.2 Å². The standard InChI is InChI=1S/C25H19FN2O3S/c1-31-24(30)19-9-7-18(8-10-19)16-32-25-27-22(15-17-5-3-2-4-6-17)23(29)28(25)21-13-11-20(26)12-14-21/h2-15H,16H2,1H3. The van der Waals surface area contributed by atoms with Crippen LogP contribution in [0.5, 0.6) is 0 Å². The second kappa shape index (κ2) is 9.62. The quantitative estimate of drug-likeness (QED) is 0.395. The number of anilines is 1. The molecule has 0 aromatic heterocycles. The van der Waals surface area contributed by atoms with Crippen LogP contribution < -0.4 is 4.90 Å². The first-order chi connectivity index (χ1) is 15.5. The van der Waals surface area contributed by atoms with E-state index in [0.717, 1.165) is 11.1 Å². The molecule has 0 N–H and O–H groups in total. The van der Waals surface area contributed by atoms with E-state index in [2.05, 4.69) is 4.99 Å². The molecular weight excluding hydrogens is 427 g/mol. The van der Waals surface area contributed by atoms with E-state index in [1.165, 1.54) is 35.9 Å². The SMILES string of the molecule is COC(=O)c1ccc(CSC2=NC(=Cc3ccccc3)C(=O)N2c2ccc(F)cc2)cc1. The first-order valence-electron chi connectivity index (χ1n) is 9.80. The van der Waals surface area contributed by atoms with E-state index in [-0.39, 0.29) is 11.7 Å². The predicted molar refractivity (Wildman–Crippen MR) is 125 cm³/mol. The van der Waals surface area contributed by atoms with E-state index in [1.54, 1.807) is 30.3 Å². The van der Waals surface area contributed by atoms with Gasteiger partial charge in [0.15, 0.2) is 5.17 Å². The number of methoxy groups -OCH3 is 1. The Morgan fingerprint density at radius 3 is 2.38 bits per heavy atom. The summed E-state index contributed by atoms with van der Waals surface area (Å²) in [4.78, 5) is 30.8. The lowest BCUT2D eigenvalue weighted by molar-refractivity contribution is -0.113. The van der Waals surface area contributed by atoms with Crippen molar-refractivity contribution < 1.29 is 18.7 Å². The first-order valence-corrected chi connectivity index (χ1v) is 10.8. The van der Waals surface area contributed by atoms with Crippen molar-refractivity contribution in [2.45, 2.75) is 5.75 Å². The van der Waals surface area contributed by atoms with Crippen LogP contribution in [-0.2, 0) is 15.3 Å². The summed E-state index contributed by atoms with van der Waals surface area (Å²) in [6, 6.07) is 22.3. The highest BCUT2D eigenvalue weighted by Crippen LogP contribution is 2.31. The van der Waals surface area contributed by atoms with Crippen molar-refractivity contribution in [1.82, 2.24) is 0 Å². The number of esters is 1. The van der Waals surface area contributed by atoms with Crippen LogP contribution in [0.2, 0.25) is 0 Å². The topological polar surface area (TPSA) is 59.0 Å². The van der Waals surface area contributed by atoms with Crippen LogP contribution in [0.3, 0.4) is 0 Å². The molecular formula is C25H19FN2O3S. The van der Waals surface area contributed by atoms with Crippen molar-refractivity contribution in [3.05, 3.63) is 107 Å². The zero-order valence-corrected chi connectivity index (χ0v) is 18.0. The zero-order valence-electron chi connectivity index (χ0n) is 17.2. The van der Waals surface area contributed by atoms with Crippen molar-refractivity contribution in [3.63, 3.8) is 0 Å². The molecule has 0 bridgehead atoms. The zero-order chi connectivity index (χ0) is 22.5. The highest BCUT2D eigenvalue weighted by Gasteiger charge is 2.32. The van der Waals surface area contributed by atoms with Crippen molar-refractivity contribution in [2.75, 3.05) is 12.0 Å². The summed E-state index contributed by atoms with van der Waals surface area (Å²) in [6.07, 6.45) is 1.73. The summed E-state index contributed by atoms with van der Waals surface area (Å²) in [5.41, 5.74) is 3.14. The predicted octanol–water partition coefficient (Wildman–Crippen LogP) is 5.29. The van der Waals surface area contributed by atoms with Gasteiger partial charge in [0.1, 0.15) is 11.5 Å². The van der Waals surface area contributed by atoms with Gasteiger partial charge in [0.25, 0.3) is 5.91 Å². The Bertz CT molecular complexity index is 1190. The monoisotopic (exact) mass is 446 g/mol. The Labute approximate surface area is 189 Å². The first kappa shape index (κ1) is 21.5. The number of amides is 1. The number of carbonyl (C=O) groups is 2. The fraction of sp³-hybridized carbons (Fsp3) is 0.0800. The number of benzene rings is 3. The molecule has 3 aromatic rings. The van der Waals surface area contributed by atoms with E-state index < -0.39 is 5.97 Å². The second-order valence-electron chi connectivity index (χ2n) is 6.93. The normalized spacial score (nSPS) is 14.6. The summed E-state index contributed by atoms with van der Waals surface area (Å²) in [5, 5.41) is 0.501. The average Bonchev–Trinajstić information content (AvgIpc) is 3.13. The molecule has 1 aliphatic heterocycles. The van der Waals surface area contributed by atoms with Crippen LogP contribution in [0.4, 0.5) is 10.1 Å². The third-order valence-electron chi connectivity index (χ3n) is 4.76. The molecule has 1 amide bonds. The van der Waals surface area contributed by atoms with Gasteiger partial charge in [-0.05, 0) is 53.6 Å². The fourth-order valence-electron chi connectivity index (χ4n) is 3.12. The molecule has 0 aliphatic carbocycles. The number of rotatable bonds is 5. The largest absolute Gasteiger partial charge is 0.465 e. The van der Waals surface area contributed by atoms with Gasteiger partial charge < -0.3 is 4.74 Å². The van der Waals surface area contributed by atoms with E-state index in [0.29, 0.717) is 27.9 Å². The molecule has 0 atom stereocenters. The minimum absolute atomic E-state index is 0.274. The van der Waals surface area contributed by atoms with Crippen molar-refractivity contribution in [3.8, 4) is 0 Å². The van der Waals surface area contributed by atoms with Crippen LogP contribution in [0.1, 0.15) is 21.5 Å². The van der Waals surface area contributed by atoms with Gasteiger partial charge in [-0.25, -0.2) is 14.2 Å². The molecule has 7 heteroatoms. The minimum atomic E-state index is -0.395. The van der Waals surface area contributed by atoms with E-state index in [4.69, 9.17) is 4.74 Å². The lowest BCUT2D eigenvalue weighted by Gasteiger charge is -2.17. The minimum Gasteiger partial charge on any atom is -0.465 e. The molecule has 0 saturated carbocycles. The number of carbonyl (C=O) groups excluding carboxylic acids is 2. The van der Waals surface area contributed by atoms with Crippen molar-refractivity contribution in [2.24, 2.45) is 4.99 Å². The van der Waals surface area contributed by atoms with Gasteiger partial charge in [0.05, 0.1) is 18.4 Å². The molecule has 0 saturated heterocycles. The fourth-order valence-corrected chi connectivity index (χ4v) is 4.09. The number of thioether (sulfide) groups is 1. The molecule has 0 unspecified atom stereocenters. The number of nitrogens with zero attached hydrogens (tertiary/aromatic N) is 2. The lowest BCUT2D eigenvalue weighted by atomic mass is 10.1. The Hall–Kier alpha value is -3.71. The van der Waals surface area contributed by atoms with Crippen LogP contribution in [-0.4, -0.2) is 24.2 Å². The van der Waals surface area contributed by atoms with Crippen LogP contribution in [0, 0.1) is 5.82 Å². The Balaban J connectivity index is 1.60. The third kappa shape index (κ3) is 4.78. The van der Waals surface area contributed by atoms with E-state index in [1.807, 2.05) is 42.5 Å². The van der Waals surface area contributed by atoms with Gasteiger partial charge in [-0.3, -0.25) is 9.69 Å². The maximum atomic E-state index is 13.4. The van der Waals surface area contributed by atoms with Gasteiger partial charge in [-0.2, -0.15) is 0 Å².